The highest BCUT2D eigenvalue weighted by Crippen LogP contribution is 2.37. The summed E-state index contributed by atoms with van der Waals surface area (Å²) >= 11 is 6.42. The summed E-state index contributed by atoms with van der Waals surface area (Å²) in [6.45, 7) is -0.601. The summed E-state index contributed by atoms with van der Waals surface area (Å²) in [7, 11) is 0. The molecule has 1 atom stereocenters. The number of nitrogens with zero attached hydrogens (tertiary/aromatic N) is 1. The smallest absolute Gasteiger partial charge is 0.211 e. The number of carbonyl (C=O) groups is 2. The minimum absolute atomic E-state index is 0.153. The second-order valence-electron chi connectivity index (χ2n) is 8.30. The first kappa shape index (κ1) is 23.9. The Kier molecular flexibility index (Phi) is 7.62. The maximum absolute atomic E-state index is 12.2. The van der Waals surface area contributed by atoms with Crippen LogP contribution in [-0.2, 0) is 16.0 Å². The number of nitrogens with one attached hydrogen (secondary N) is 1. The Balaban J connectivity index is 1.56. The number of rotatable bonds is 12. The first-order chi connectivity index (χ1) is 16.5. The quantitative estimate of drug-likeness (QED) is 0.334. The van der Waals surface area contributed by atoms with Gasteiger partial charge >= 0.3 is 0 Å². The third kappa shape index (κ3) is 6.02. The molecule has 1 fully saturated rings. The minimum atomic E-state index is -1.06. The summed E-state index contributed by atoms with van der Waals surface area (Å²) in [4.78, 5) is 27.6. The summed E-state index contributed by atoms with van der Waals surface area (Å²) in [5.74, 6) is 2.00. The predicted octanol–water partition coefficient (Wildman–Crippen LogP) is 3.89. The third-order valence-corrected chi connectivity index (χ3v) is 5.86. The monoisotopic (exact) mass is 484 g/mol. The zero-order chi connectivity index (χ0) is 24.1. The Morgan fingerprint density at radius 1 is 1.24 bits per heavy atom. The molecule has 0 bridgehead atoms. The number of pyridine rings is 1. The fourth-order valence-corrected chi connectivity index (χ4v) is 3.80. The zero-order valence-corrected chi connectivity index (χ0v) is 19.1. The Bertz CT molecular complexity index is 1200. The topological polar surface area (TPSA) is 118 Å². The van der Waals surface area contributed by atoms with Crippen LogP contribution in [-0.4, -0.2) is 46.7 Å². The molecule has 0 aliphatic heterocycles. The highest BCUT2D eigenvalue weighted by atomic mass is 35.5. The van der Waals surface area contributed by atoms with Crippen LogP contribution < -0.4 is 14.8 Å². The lowest BCUT2D eigenvalue weighted by Crippen LogP contribution is -2.21. The zero-order valence-electron chi connectivity index (χ0n) is 18.4. The summed E-state index contributed by atoms with van der Waals surface area (Å²) in [6.07, 6.45) is 4.21. The largest absolute Gasteiger partial charge is 0.489 e. The van der Waals surface area contributed by atoms with Crippen molar-refractivity contribution in [2.75, 3.05) is 18.5 Å². The van der Waals surface area contributed by atoms with E-state index in [2.05, 4.69) is 10.3 Å². The van der Waals surface area contributed by atoms with Gasteiger partial charge < -0.3 is 25.0 Å². The number of Topliss-reactive ketones (excluding diaryl/α,β-unsaturated/α-hetero) is 1. The van der Waals surface area contributed by atoms with E-state index >= 15 is 0 Å². The molecule has 2 aromatic carbocycles. The number of anilines is 1. The van der Waals surface area contributed by atoms with E-state index in [9.17, 15) is 14.7 Å². The molecule has 0 spiro atoms. The Hall–Kier alpha value is -3.20. The van der Waals surface area contributed by atoms with E-state index in [-0.39, 0.29) is 12.4 Å². The van der Waals surface area contributed by atoms with Crippen molar-refractivity contribution < 1.29 is 29.3 Å². The van der Waals surface area contributed by atoms with Gasteiger partial charge in [-0.3, -0.25) is 14.6 Å². The number of aliphatic hydroxyl groups excluding tert-OH is 2. The van der Waals surface area contributed by atoms with Gasteiger partial charge in [-0.05, 0) is 48.6 Å². The summed E-state index contributed by atoms with van der Waals surface area (Å²) in [5.41, 5.74) is 1.66. The van der Waals surface area contributed by atoms with Crippen molar-refractivity contribution >= 4 is 40.4 Å². The van der Waals surface area contributed by atoms with Gasteiger partial charge in [0.2, 0.25) is 6.41 Å². The highest BCUT2D eigenvalue weighted by Gasteiger charge is 2.24. The number of aromatic nitrogens is 1. The second kappa shape index (κ2) is 10.8. The second-order valence-corrected chi connectivity index (χ2v) is 8.71. The van der Waals surface area contributed by atoms with Crippen LogP contribution in [0.5, 0.6) is 17.2 Å². The van der Waals surface area contributed by atoms with Crippen molar-refractivity contribution in [1.82, 2.24) is 4.98 Å². The van der Waals surface area contributed by atoms with E-state index < -0.39 is 12.7 Å². The first-order valence-corrected chi connectivity index (χ1v) is 11.4. The number of benzene rings is 2. The van der Waals surface area contributed by atoms with Crippen LogP contribution in [0.15, 0.2) is 42.6 Å². The molecular weight excluding hydrogens is 460 g/mol. The van der Waals surface area contributed by atoms with Gasteiger partial charge in [0.1, 0.15) is 35.7 Å². The summed E-state index contributed by atoms with van der Waals surface area (Å²) in [6, 6.07) is 10.2. The van der Waals surface area contributed by atoms with Gasteiger partial charge in [-0.25, -0.2) is 0 Å². The van der Waals surface area contributed by atoms with Crippen LogP contribution in [0.4, 0.5) is 5.69 Å². The van der Waals surface area contributed by atoms with E-state index in [1.54, 1.807) is 42.6 Å². The van der Waals surface area contributed by atoms with Crippen molar-refractivity contribution in [3.05, 3.63) is 53.2 Å². The van der Waals surface area contributed by atoms with Crippen molar-refractivity contribution in [1.29, 1.82) is 0 Å². The molecule has 1 heterocycles. The number of aliphatic hydroxyl groups is 2. The predicted molar refractivity (Wildman–Crippen MR) is 128 cm³/mol. The number of amides is 1. The third-order valence-electron chi connectivity index (χ3n) is 5.51. The lowest BCUT2D eigenvalue weighted by atomic mass is 10.0. The van der Waals surface area contributed by atoms with E-state index in [0.717, 1.165) is 18.4 Å². The molecule has 3 N–H and O–H groups in total. The number of carbonyl (C=O) groups excluding carboxylic acids is 2. The fourth-order valence-electron chi connectivity index (χ4n) is 3.56. The number of hydrogen-bond acceptors (Lipinski definition) is 7. The molecule has 1 aliphatic carbocycles. The Labute approximate surface area is 201 Å². The molecule has 1 amide bonds. The first-order valence-electron chi connectivity index (χ1n) is 11.0. The number of fused-ring (bicyclic) bond motifs is 1. The van der Waals surface area contributed by atoms with E-state index in [4.69, 9.17) is 26.2 Å². The van der Waals surface area contributed by atoms with Crippen LogP contribution in [0.2, 0.25) is 5.02 Å². The van der Waals surface area contributed by atoms with Crippen LogP contribution >= 0.6 is 11.6 Å². The number of halogens is 1. The van der Waals surface area contributed by atoms with Crippen LogP contribution in [0.1, 0.15) is 24.8 Å². The molecule has 1 saturated carbocycles. The lowest BCUT2D eigenvalue weighted by molar-refractivity contribution is -0.118. The van der Waals surface area contributed by atoms with Gasteiger partial charge in [0.25, 0.3) is 0 Å². The van der Waals surface area contributed by atoms with E-state index in [1.165, 1.54) is 0 Å². The summed E-state index contributed by atoms with van der Waals surface area (Å²) < 4.78 is 11.6. The highest BCUT2D eigenvalue weighted by molar-refractivity contribution is 6.31. The van der Waals surface area contributed by atoms with Crippen LogP contribution in [0, 0.1) is 5.92 Å². The van der Waals surface area contributed by atoms with Gasteiger partial charge in [0, 0.05) is 35.5 Å². The molecule has 178 valence electrons. The minimum Gasteiger partial charge on any atom is -0.489 e. The molecular formula is C25H25ClN2O6. The number of ketones is 1. The Morgan fingerprint density at radius 3 is 2.76 bits per heavy atom. The van der Waals surface area contributed by atoms with Crippen molar-refractivity contribution in [3.8, 4) is 17.2 Å². The molecule has 4 rings (SSSR count). The Morgan fingerprint density at radius 2 is 2.06 bits per heavy atom. The van der Waals surface area contributed by atoms with Gasteiger partial charge in [0.15, 0.2) is 0 Å². The average Bonchev–Trinajstić information content (AvgIpc) is 3.63. The van der Waals surface area contributed by atoms with Crippen molar-refractivity contribution in [2.24, 2.45) is 5.92 Å². The summed E-state index contributed by atoms with van der Waals surface area (Å²) in [5, 5.41) is 22.2. The SMILES string of the molecule is O=CNc1cc2c(Oc3ccc(CC(=O)CC4CC4)c(Cl)c3)ccnc2cc1OC[C@@H](O)CO. The van der Waals surface area contributed by atoms with Gasteiger partial charge in [-0.1, -0.05) is 17.7 Å². The fraction of sp³-hybridized carbons (Fsp3) is 0.320. The van der Waals surface area contributed by atoms with Crippen molar-refractivity contribution in [3.63, 3.8) is 0 Å². The normalized spacial score (nSPS) is 14.0. The van der Waals surface area contributed by atoms with Crippen molar-refractivity contribution in [2.45, 2.75) is 31.8 Å². The maximum atomic E-state index is 12.2. The van der Waals surface area contributed by atoms with Crippen LogP contribution in [0.3, 0.4) is 0 Å². The molecule has 1 aliphatic rings. The molecule has 1 aromatic heterocycles. The average molecular weight is 485 g/mol. The lowest BCUT2D eigenvalue weighted by Gasteiger charge is -2.15. The van der Waals surface area contributed by atoms with Gasteiger partial charge in [0.05, 0.1) is 17.8 Å². The van der Waals surface area contributed by atoms with Gasteiger partial charge in [-0.15, -0.1) is 0 Å². The van der Waals surface area contributed by atoms with Crippen LogP contribution in [0.25, 0.3) is 10.9 Å². The molecule has 3 aromatic rings. The molecule has 0 saturated heterocycles. The molecule has 9 heteroatoms. The van der Waals surface area contributed by atoms with E-state index in [1.807, 2.05) is 0 Å². The molecule has 0 radical (unpaired) electrons. The van der Waals surface area contributed by atoms with Gasteiger partial charge in [-0.2, -0.15) is 0 Å². The number of ether oxygens (including phenoxy) is 2. The maximum Gasteiger partial charge on any atom is 0.211 e. The number of hydrogen-bond donors (Lipinski definition) is 3. The standard InChI is InChI=1S/C25H25ClN2O6/c26-21-9-19(4-3-16(21)8-17(31)7-15-1-2-15)34-24-5-6-27-22-11-25(33-13-18(32)12-29)23(28-14-30)10-20(22)24/h3-6,9-11,14-15,18,29,32H,1-2,7-8,12-13H2,(H,28,30)/t18-/m0/s1. The molecule has 0 unspecified atom stereocenters. The molecule has 8 nitrogen and oxygen atoms in total. The molecule has 34 heavy (non-hydrogen) atoms. The van der Waals surface area contributed by atoms with E-state index in [0.29, 0.717) is 64.0 Å².